The van der Waals surface area contributed by atoms with Crippen LogP contribution in [0.1, 0.15) is 34.6 Å². The first kappa shape index (κ1) is 18.6. The predicted molar refractivity (Wildman–Crippen MR) is 76.4 cm³/mol. The molecule has 116 valence electrons. The quantitative estimate of drug-likeness (QED) is 0.653. The van der Waals surface area contributed by atoms with Crippen molar-refractivity contribution in [2.75, 3.05) is 19.6 Å². The maximum Gasteiger partial charge on any atom is 0.317 e. The van der Waals surface area contributed by atoms with Crippen LogP contribution in [0.25, 0.3) is 0 Å². The van der Waals surface area contributed by atoms with E-state index in [0.717, 1.165) is 0 Å². The zero-order valence-electron chi connectivity index (χ0n) is 13.0. The molecule has 0 saturated heterocycles. The lowest BCUT2D eigenvalue weighted by molar-refractivity contribution is -0.139. The Morgan fingerprint density at radius 3 is 2.00 bits per heavy atom. The number of hydrogen-bond donors (Lipinski definition) is 2. The monoisotopic (exact) mass is 286 g/mol. The second kappa shape index (κ2) is 8.68. The molecule has 0 saturated carbocycles. The van der Waals surface area contributed by atoms with Gasteiger partial charge in [-0.05, 0) is 18.8 Å². The summed E-state index contributed by atoms with van der Waals surface area (Å²) in [6.07, 6.45) is 0. The van der Waals surface area contributed by atoms with Gasteiger partial charge in [0, 0.05) is 6.54 Å². The van der Waals surface area contributed by atoms with E-state index in [1.807, 2.05) is 27.7 Å². The molecule has 1 unspecified atom stereocenters. The second-order valence-corrected chi connectivity index (χ2v) is 5.86. The molecule has 0 spiro atoms. The number of hydrogen-bond acceptors (Lipinski definition) is 4. The predicted octanol–water partition coefficient (Wildman–Crippen LogP) is 0.759. The highest BCUT2D eigenvalue weighted by Crippen LogP contribution is 2.03. The summed E-state index contributed by atoms with van der Waals surface area (Å²) in [4.78, 5) is 35.7. The lowest BCUT2D eigenvalue weighted by atomic mass is 10.0. The van der Waals surface area contributed by atoms with Crippen molar-refractivity contribution in [3.05, 3.63) is 0 Å². The highest BCUT2D eigenvalue weighted by molar-refractivity contribution is 5.88. The summed E-state index contributed by atoms with van der Waals surface area (Å²) in [6.45, 7) is 9.39. The van der Waals surface area contributed by atoms with E-state index in [4.69, 9.17) is 5.11 Å². The Balaban J connectivity index is 4.58. The molecule has 1 amide bonds. The summed E-state index contributed by atoms with van der Waals surface area (Å²) in [7, 11) is 0. The van der Waals surface area contributed by atoms with Gasteiger partial charge in [0.15, 0.2) is 5.78 Å². The van der Waals surface area contributed by atoms with Crippen LogP contribution in [0.4, 0.5) is 0 Å². The van der Waals surface area contributed by atoms with Gasteiger partial charge in [-0.3, -0.25) is 19.3 Å². The van der Waals surface area contributed by atoms with Crippen LogP contribution in [0, 0.1) is 11.8 Å². The first-order chi connectivity index (χ1) is 9.13. The van der Waals surface area contributed by atoms with Gasteiger partial charge in [-0.15, -0.1) is 0 Å². The van der Waals surface area contributed by atoms with E-state index < -0.39 is 12.0 Å². The number of rotatable bonds is 9. The van der Waals surface area contributed by atoms with Crippen molar-refractivity contribution < 1.29 is 19.5 Å². The normalized spacial score (nSPS) is 12.8. The van der Waals surface area contributed by atoms with Gasteiger partial charge in [-0.1, -0.05) is 27.7 Å². The van der Waals surface area contributed by atoms with Gasteiger partial charge in [0.1, 0.15) is 0 Å². The first-order valence-electron chi connectivity index (χ1n) is 6.87. The van der Waals surface area contributed by atoms with Gasteiger partial charge in [-0.2, -0.15) is 0 Å². The topological polar surface area (TPSA) is 86.7 Å². The largest absolute Gasteiger partial charge is 0.480 e. The SMILES string of the molecule is CC(=O)C(NC(=O)CN(CC(=O)O)CC(C)C)C(C)C. The Labute approximate surface area is 120 Å². The molecular formula is C14H26N2O4. The summed E-state index contributed by atoms with van der Waals surface area (Å²) in [5, 5.41) is 11.5. The number of carbonyl (C=O) groups excluding carboxylic acids is 2. The maximum atomic E-state index is 11.9. The minimum Gasteiger partial charge on any atom is -0.480 e. The number of ketones is 1. The molecule has 0 aromatic rings. The van der Waals surface area contributed by atoms with Crippen molar-refractivity contribution in [1.82, 2.24) is 10.2 Å². The van der Waals surface area contributed by atoms with Gasteiger partial charge >= 0.3 is 5.97 Å². The fraction of sp³-hybridized carbons (Fsp3) is 0.786. The average Bonchev–Trinajstić information content (AvgIpc) is 2.22. The van der Waals surface area contributed by atoms with E-state index >= 15 is 0 Å². The third-order valence-electron chi connectivity index (χ3n) is 2.77. The van der Waals surface area contributed by atoms with E-state index in [-0.39, 0.29) is 36.6 Å². The minimum atomic E-state index is -0.967. The lowest BCUT2D eigenvalue weighted by Crippen LogP contribution is -2.48. The third-order valence-corrected chi connectivity index (χ3v) is 2.77. The third kappa shape index (κ3) is 7.89. The zero-order chi connectivity index (χ0) is 15.9. The van der Waals surface area contributed by atoms with Crippen LogP contribution in [-0.4, -0.2) is 53.3 Å². The molecule has 0 bridgehead atoms. The fourth-order valence-corrected chi connectivity index (χ4v) is 2.05. The first-order valence-corrected chi connectivity index (χ1v) is 6.87. The smallest absolute Gasteiger partial charge is 0.317 e. The maximum absolute atomic E-state index is 11.9. The Morgan fingerprint density at radius 1 is 1.10 bits per heavy atom. The number of amides is 1. The highest BCUT2D eigenvalue weighted by atomic mass is 16.4. The molecule has 0 rings (SSSR count). The molecule has 6 heteroatoms. The molecule has 0 aliphatic rings. The van der Waals surface area contributed by atoms with Gasteiger partial charge in [0.05, 0.1) is 19.1 Å². The molecule has 0 aliphatic heterocycles. The van der Waals surface area contributed by atoms with Gasteiger partial charge in [0.25, 0.3) is 0 Å². The summed E-state index contributed by atoms with van der Waals surface area (Å²) in [5.74, 6) is -1.11. The Morgan fingerprint density at radius 2 is 1.65 bits per heavy atom. The number of Topliss-reactive ketones (excluding diaryl/α,β-unsaturated/α-hetero) is 1. The standard InChI is InChI=1S/C14H26N2O4/c1-9(2)6-16(8-13(19)20)7-12(18)15-14(10(3)4)11(5)17/h9-10,14H,6-8H2,1-5H3,(H,15,18)(H,19,20). The Kier molecular flexibility index (Phi) is 8.06. The van der Waals surface area contributed by atoms with Crippen LogP contribution in [0.2, 0.25) is 0 Å². The molecule has 2 N–H and O–H groups in total. The molecule has 0 aliphatic carbocycles. The van der Waals surface area contributed by atoms with Crippen LogP contribution >= 0.6 is 0 Å². The summed E-state index contributed by atoms with van der Waals surface area (Å²) < 4.78 is 0. The van der Waals surface area contributed by atoms with Crippen LogP contribution in [0.3, 0.4) is 0 Å². The molecule has 1 atom stereocenters. The van der Waals surface area contributed by atoms with Crippen LogP contribution in [-0.2, 0) is 14.4 Å². The van der Waals surface area contributed by atoms with Crippen LogP contribution in [0.5, 0.6) is 0 Å². The highest BCUT2D eigenvalue weighted by Gasteiger charge is 2.22. The van der Waals surface area contributed by atoms with Gasteiger partial charge in [-0.25, -0.2) is 0 Å². The average molecular weight is 286 g/mol. The number of carboxylic acids is 1. The van der Waals surface area contributed by atoms with Crippen molar-refractivity contribution in [2.45, 2.75) is 40.7 Å². The van der Waals surface area contributed by atoms with E-state index in [0.29, 0.717) is 6.54 Å². The molecule has 0 heterocycles. The summed E-state index contributed by atoms with van der Waals surface area (Å²) in [5.41, 5.74) is 0. The van der Waals surface area contributed by atoms with E-state index in [2.05, 4.69) is 5.32 Å². The fourth-order valence-electron chi connectivity index (χ4n) is 2.05. The lowest BCUT2D eigenvalue weighted by Gasteiger charge is -2.24. The van der Waals surface area contributed by atoms with Crippen molar-refractivity contribution in [3.8, 4) is 0 Å². The zero-order valence-corrected chi connectivity index (χ0v) is 13.0. The number of carboxylic acid groups (broad SMARTS) is 1. The molecule has 0 radical (unpaired) electrons. The number of nitrogens with zero attached hydrogens (tertiary/aromatic N) is 1. The summed E-state index contributed by atoms with van der Waals surface area (Å²) >= 11 is 0. The van der Waals surface area contributed by atoms with E-state index in [1.54, 1.807) is 4.90 Å². The van der Waals surface area contributed by atoms with Crippen molar-refractivity contribution in [1.29, 1.82) is 0 Å². The number of carbonyl (C=O) groups is 3. The van der Waals surface area contributed by atoms with Gasteiger partial charge < -0.3 is 10.4 Å². The molecule has 20 heavy (non-hydrogen) atoms. The number of aliphatic carboxylic acids is 1. The van der Waals surface area contributed by atoms with E-state index in [1.165, 1.54) is 6.92 Å². The van der Waals surface area contributed by atoms with E-state index in [9.17, 15) is 14.4 Å². The molecule has 0 aromatic heterocycles. The Bertz CT molecular complexity index is 353. The molecule has 0 fully saturated rings. The minimum absolute atomic E-state index is 0.00877. The second-order valence-electron chi connectivity index (χ2n) is 5.86. The number of nitrogens with one attached hydrogen (secondary N) is 1. The summed E-state index contributed by atoms with van der Waals surface area (Å²) in [6, 6.07) is -0.520. The molecular weight excluding hydrogens is 260 g/mol. The Hall–Kier alpha value is -1.43. The van der Waals surface area contributed by atoms with Crippen LogP contribution < -0.4 is 5.32 Å². The molecule has 6 nitrogen and oxygen atoms in total. The van der Waals surface area contributed by atoms with Gasteiger partial charge in [0.2, 0.25) is 5.91 Å². The van der Waals surface area contributed by atoms with Crippen molar-refractivity contribution >= 4 is 17.7 Å². The van der Waals surface area contributed by atoms with Crippen LogP contribution in [0.15, 0.2) is 0 Å². The molecule has 0 aromatic carbocycles. The van der Waals surface area contributed by atoms with Crippen molar-refractivity contribution in [2.24, 2.45) is 11.8 Å². The van der Waals surface area contributed by atoms with Crippen molar-refractivity contribution in [3.63, 3.8) is 0 Å².